The molecule has 5 nitrogen and oxygen atoms in total. The molecule has 0 fully saturated rings. The van der Waals surface area contributed by atoms with Gasteiger partial charge in [0.2, 0.25) is 0 Å². The van der Waals surface area contributed by atoms with Crippen LogP contribution in [0, 0.1) is 0 Å². The average Bonchev–Trinajstić information content (AvgIpc) is 2.41. The molecule has 2 aromatic rings. The van der Waals surface area contributed by atoms with E-state index in [2.05, 4.69) is 36.6 Å². The molecule has 8 heteroatoms. The van der Waals surface area contributed by atoms with Gasteiger partial charge in [-0.2, -0.15) is 0 Å². The maximum atomic E-state index is 12.4. The minimum Gasteiger partial charge on any atom is -0.504 e. The Morgan fingerprint density at radius 2 is 1.86 bits per heavy atom. The van der Waals surface area contributed by atoms with E-state index in [1.54, 1.807) is 12.1 Å². The first-order chi connectivity index (χ1) is 9.83. The summed E-state index contributed by atoms with van der Waals surface area (Å²) in [4.78, 5) is 0.0900. The first-order valence-electron chi connectivity index (χ1n) is 5.68. The fourth-order valence-corrected chi connectivity index (χ4v) is 4.20. The second-order valence-corrected chi connectivity index (χ2v) is 7.49. The third-order valence-electron chi connectivity index (χ3n) is 2.61. The quantitative estimate of drug-likeness (QED) is 0.765. The smallest absolute Gasteiger partial charge is 0.263 e. The minimum absolute atomic E-state index is 0.0900. The highest BCUT2D eigenvalue weighted by Gasteiger charge is 2.18. The number of benzene rings is 2. The number of hydrogen-bond acceptors (Lipinski definition) is 4. The van der Waals surface area contributed by atoms with E-state index in [1.807, 2.05) is 0 Å². The minimum atomic E-state index is -3.78. The molecule has 0 atom stereocenters. The van der Waals surface area contributed by atoms with E-state index in [4.69, 9.17) is 4.74 Å². The third-order valence-corrected chi connectivity index (χ3v) is 5.48. The lowest BCUT2D eigenvalue weighted by Gasteiger charge is -2.11. The predicted octanol–water partition coefficient (Wildman–Crippen LogP) is 3.73. The number of ether oxygens (including phenoxy) is 1. The van der Waals surface area contributed by atoms with Gasteiger partial charge in [0.1, 0.15) is 4.90 Å². The van der Waals surface area contributed by atoms with Crippen LogP contribution in [0.15, 0.2) is 50.2 Å². The van der Waals surface area contributed by atoms with E-state index in [0.717, 1.165) is 0 Å². The summed E-state index contributed by atoms with van der Waals surface area (Å²) in [5, 5.41) is 9.68. The number of phenols is 1. The lowest BCUT2D eigenvalue weighted by Crippen LogP contribution is -2.13. The molecule has 0 aliphatic heterocycles. The van der Waals surface area contributed by atoms with E-state index in [0.29, 0.717) is 8.95 Å². The molecule has 2 aromatic carbocycles. The molecule has 0 heterocycles. The molecule has 0 unspecified atom stereocenters. The largest absolute Gasteiger partial charge is 0.504 e. The first kappa shape index (κ1) is 16.1. The Labute approximate surface area is 139 Å². The van der Waals surface area contributed by atoms with Crippen LogP contribution < -0.4 is 9.46 Å². The van der Waals surface area contributed by atoms with Crippen molar-refractivity contribution in [1.29, 1.82) is 0 Å². The van der Waals surface area contributed by atoms with Gasteiger partial charge in [-0.15, -0.1) is 0 Å². The lowest BCUT2D eigenvalue weighted by molar-refractivity contribution is 0.373. The van der Waals surface area contributed by atoms with Crippen molar-refractivity contribution in [2.75, 3.05) is 11.8 Å². The number of nitrogens with one attached hydrogen (secondary N) is 1. The van der Waals surface area contributed by atoms with E-state index >= 15 is 0 Å². The van der Waals surface area contributed by atoms with Gasteiger partial charge in [0.15, 0.2) is 11.5 Å². The second-order valence-electron chi connectivity index (χ2n) is 4.07. The van der Waals surface area contributed by atoms with Crippen molar-refractivity contribution < 1.29 is 18.3 Å². The monoisotopic (exact) mass is 435 g/mol. The van der Waals surface area contributed by atoms with E-state index in [9.17, 15) is 13.5 Å². The van der Waals surface area contributed by atoms with Gasteiger partial charge >= 0.3 is 0 Å². The Morgan fingerprint density at radius 3 is 2.48 bits per heavy atom. The predicted molar refractivity (Wildman–Crippen MR) is 87.3 cm³/mol. The normalized spacial score (nSPS) is 11.2. The van der Waals surface area contributed by atoms with Crippen molar-refractivity contribution in [2.24, 2.45) is 0 Å². The number of anilines is 1. The van der Waals surface area contributed by atoms with E-state index < -0.39 is 10.0 Å². The van der Waals surface area contributed by atoms with Crippen LogP contribution in [0.5, 0.6) is 11.5 Å². The summed E-state index contributed by atoms with van der Waals surface area (Å²) in [7, 11) is -2.37. The zero-order chi connectivity index (χ0) is 15.6. The fraction of sp³-hybridized carbons (Fsp3) is 0.0769. The molecule has 21 heavy (non-hydrogen) atoms. The highest BCUT2D eigenvalue weighted by atomic mass is 79.9. The zero-order valence-electron chi connectivity index (χ0n) is 10.8. The molecular weight excluding hydrogens is 426 g/mol. The van der Waals surface area contributed by atoms with Crippen molar-refractivity contribution in [3.05, 3.63) is 45.3 Å². The van der Waals surface area contributed by atoms with E-state index in [1.165, 1.54) is 31.4 Å². The van der Waals surface area contributed by atoms with Crippen LogP contribution in [-0.2, 0) is 10.0 Å². The number of rotatable bonds is 4. The van der Waals surface area contributed by atoms with Crippen LogP contribution in [0.4, 0.5) is 5.69 Å². The van der Waals surface area contributed by atoms with Crippen LogP contribution in [0.1, 0.15) is 0 Å². The van der Waals surface area contributed by atoms with Crippen LogP contribution >= 0.6 is 31.9 Å². The molecule has 0 radical (unpaired) electrons. The van der Waals surface area contributed by atoms with Gasteiger partial charge in [-0.3, -0.25) is 4.72 Å². The number of sulfonamides is 1. The first-order valence-corrected chi connectivity index (χ1v) is 8.75. The Kier molecular flexibility index (Phi) is 4.80. The summed E-state index contributed by atoms with van der Waals surface area (Å²) in [5.74, 6) is 0.118. The van der Waals surface area contributed by atoms with Gasteiger partial charge in [0.05, 0.1) is 12.8 Å². The van der Waals surface area contributed by atoms with Crippen LogP contribution in [-0.4, -0.2) is 20.6 Å². The summed E-state index contributed by atoms with van der Waals surface area (Å²) in [6.45, 7) is 0. The Bertz CT molecular complexity index is 778. The molecular formula is C13H11Br2NO4S. The van der Waals surface area contributed by atoms with Crippen molar-refractivity contribution >= 4 is 47.6 Å². The molecule has 0 saturated heterocycles. The highest BCUT2D eigenvalue weighted by Crippen LogP contribution is 2.31. The van der Waals surface area contributed by atoms with Gasteiger partial charge < -0.3 is 9.84 Å². The van der Waals surface area contributed by atoms with Crippen molar-refractivity contribution in [2.45, 2.75) is 4.90 Å². The average molecular weight is 437 g/mol. The molecule has 0 aromatic heterocycles. The lowest BCUT2D eigenvalue weighted by atomic mass is 10.3. The summed E-state index contributed by atoms with van der Waals surface area (Å²) in [5.41, 5.74) is 0.236. The molecule has 0 spiro atoms. The molecule has 0 aliphatic carbocycles. The molecule has 112 valence electrons. The molecule has 0 amide bonds. The summed E-state index contributed by atoms with van der Waals surface area (Å²) in [6.07, 6.45) is 0. The Morgan fingerprint density at radius 1 is 1.14 bits per heavy atom. The summed E-state index contributed by atoms with van der Waals surface area (Å²) in [6, 6.07) is 9.09. The fourth-order valence-electron chi connectivity index (χ4n) is 1.65. The Balaban J connectivity index is 2.37. The maximum absolute atomic E-state index is 12.4. The number of halogens is 2. The number of methoxy groups -OCH3 is 1. The van der Waals surface area contributed by atoms with Crippen molar-refractivity contribution in [3.8, 4) is 11.5 Å². The second kappa shape index (κ2) is 6.25. The highest BCUT2D eigenvalue weighted by molar-refractivity contribution is 9.11. The summed E-state index contributed by atoms with van der Waals surface area (Å²) < 4.78 is 33.1. The number of aromatic hydroxyl groups is 1. The molecule has 0 aliphatic rings. The van der Waals surface area contributed by atoms with Gasteiger partial charge in [-0.25, -0.2) is 8.42 Å². The SMILES string of the molecule is COc1ccc(NS(=O)(=O)c2cc(Br)ccc2Br)cc1O. The van der Waals surface area contributed by atoms with Crippen molar-refractivity contribution in [3.63, 3.8) is 0 Å². The van der Waals surface area contributed by atoms with Gasteiger partial charge in [-0.05, 0) is 46.3 Å². The molecule has 2 rings (SSSR count). The standard InChI is InChI=1S/C13H11Br2NO4S/c1-20-12-5-3-9(7-11(12)17)16-21(18,19)13-6-8(14)2-4-10(13)15/h2-7,16-17H,1H3. The number of hydrogen-bond donors (Lipinski definition) is 2. The zero-order valence-corrected chi connectivity index (χ0v) is 14.8. The Hall–Kier alpha value is -1.25. The van der Waals surface area contributed by atoms with Gasteiger partial charge in [0.25, 0.3) is 10.0 Å². The van der Waals surface area contributed by atoms with Crippen LogP contribution in [0.2, 0.25) is 0 Å². The van der Waals surface area contributed by atoms with Crippen LogP contribution in [0.3, 0.4) is 0 Å². The number of phenolic OH excluding ortho intramolecular Hbond substituents is 1. The molecule has 2 N–H and O–H groups in total. The maximum Gasteiger partial charge on any atom is 0.263 e. The van der Waals surface area contributed by atoms with E-state index in [-0.39, 0.29) is 22.1 Å². The van der Waals surface area contributed by atoms with Crippen LogP contribution in [0.25, 0.3) is 0 Å². The van der Waals surface area contributed by atoms with Gasteiger partial charge in [-0.1, -0.05) is 15.9 Å². The molecule has 0 bridgehead atoms. The third kappa shape index (κ3) is 3.69. The summed E-state index contributed by atoms with van der Waals surface area (Å²) >= 11 is 6.44. The van der Waals surface area contributed by atoms with Crippen molar-refractivity contribution in [1.82, 2.24) is 0 Å². The topological polar surface area (TPSA) is 75.6 Å². The molecule has 0 saturated carbocycles. The van der Waals surface area contributed by atoms with Gasteiger partial charge in [0, 0.05) is 15.0 Å².